The summed E-state index contributed by atoms with van der Waals surface area (Å²) in [5.74, 6) is 0.474. The molecule has 136 valence electrons. The minimum Gasteiger partial charge on any atom is -0.436 e. The smallest absolute Gasteiger partial charge is 0.311 e. The third-order valence-corrected chi connectivity index (χ3v) is 5.47. The molecule has 24 heavy (non-hydrogen) atoms. The molecule has 1 saturated carbocycles. The first-order valence-electron chi connectivity index (χ1n) is 9.75. The highest BCUT2D eigenvalue weighted by Crippen LogP contribution is 2.28. The number of ether oxygens (including phenoxy) is 2. The lowest BCUT2D eigenvalue weighted by atomic mass is 9.84. The van der Waals surface area contributed by atoms with E-state index in [4.69, 9.17) is 9.47 Å². The molecule has 0 spiro atoms. The maximum absolute atomic E-state index is 12.5. The van der Waals surface area contributed by atoms with Crippen LogP contribution in [0.4, 0.5) is 0 Å². The van der Waals surface area contributed by atoms with Crippen molar-refractivity contribution in [2.24, 2.45) is 17.8 Å². The van der Waals surface area contributed by atoms with Gasteiger partial charge in [-0.3, -0.25) is 4.79 Å². The van der Waals surface area contributed by atoms with E-state index in [1.807, 2.05) is 13.8 Å². The van der Waals surface area contributed by atoms with E-state index >= 15 is 0 Å². The van der Waals surface area contributed by atoms with Gasteiger partial charge in [0.1, 0.15) is 0 Å². The molecule has 0 aromatic carbocycles. The SMILES string of the molecule is CCC(OC(=O)C(C)C(C)C1=CCC(C)C=C1)OC1CCCCC1. The summed E-state index contributed by atoms with van der Waals surface area (Å²) in [5.41, 5.74) is 1.25. The second-order valence-corrected chi connectivity index (χ2v) is 7.52. The summed E-state index contributed by atoms with van der Waals surface area (Å²) in [5, 5.41) is 0. The molecule has 3 nitrogen and oxygen atoms in total. The Balaban J connectivity index is 1.85. The van der Waals surface area contributed by atoms with Gasteiger partial charge in [0.15, 0.2) is 0 Å². The van der Waals surface area contributed by atoms with Gasteiger partial charge < -0.3 is 9.47 Å². The van der Waals surface area contributed by atoms with Crippen molar-refractivity contribution in [3.63, 3.8) is 0 Å². The van der Waals surface area contributed by atoms with Crippen LogP contribution in [0.5, 0.6) is 0 Å². The van der Waals surface area contributed by atoms with Gasteiger partial charge in [-0.25, -0.2) is 0 Å². The number of carbonyl (C=O) groups is 1. The number of rotatable bonds is 7. The number of carbonyl (C=O) groups excluding carboxylic acids is 1. The molecular weight excluding hydrogens is 300 g/mol. The Morgan fingerprint density at radius 1 is 1.25 bits per heavy atom. The van der Waals surface area contributed by atoms with Crippen molar-refractivity contribution in [1.82, 2.24) is 0 Å². The fourth-order valence-corrected chi connectivity index (χ4v) is 3.43. The Morgan fingerprint density at radius 2 is 1.96 bits per heavy atom. The summed E-state index contributed by atoms with van der Waals surface area (Å²) in [7, 11) is 0. The second kappa shape index (κ2) is 9.41. The fourth-order valence-electron chi connectivity index (χ4n) is 3.43. The molecule has 3 heteroatoms. The van der Waals surface area contributed by atoms with Gasteiger partial charge in [0.25, 0.3) is 0 Å². The number of esters is 1. The predicted molar refractivity (Wildman–Crippen MR) is 97.5 cm³/mol. The van der Waals surface area contributed by atoms with Crippen molar-refractivity contribution in [2.75, 3.05) is 0 Å². The molecule has 4 atom stereocenters. The van der Waals surface area contributed by atoms with Crippen molar-refractivity contribution in [3.8, 4) is 0 Å². The summed E-state index contributed by atoms with van der Waals surface area (Å²) in [6.07, 6.45) is 14.2. The number of hydrogen-bond acceptors (Lipinski definition) is 3. The maximum atomic E-state index is 12.5. The Bertz CT molecular complexity index is 460. The molecule has 0 amide bonds. The average Bonchev–Trinajstić information content (AvgIpc) is 2.61. The van der Waals surface area contributed by atoms with E-state index in [0.717, 1.165) is 19.3 Å². The van der Waals surface area contributed by atoms with Crippen molar-refractivity contribution in [1.29, 1.82) is 0 Å². The molecule has 0 aromatic rings. The summed E-state index contributed by atoms with van der Waals surface area (Å²) >= 11 is 0. The van der Waals surface area contributed by atoms with Gasteiger partial charge in [-0.2, -0.15) is 0 Å². The van der Waals surface area contributed by atoms with Gasteiger partial charge in [0.2, 0.25) is 6.29 Å². The van der Waals surface area contributed by atoms with Crippen LogP contribution >= 0.6 is 0 Å². The van der Waals surface area contributed by atoms with Gasteiger partial charge in [-0.1, -0.05) is 65.2 Å². The summed E-state index contributed by atoms with van der Waals surface area (Å²) in [4.78, 5) is 12.5. The molecule has 0 saturated heterocycles. The molecule has 0 aliphatic heterocycles. The lowest BCUT2D eigenvalue weighted by Crippen LogP contribution is -2.32. The van der Waals surface area contributed by atoms with E-state index in [9.17, 15) is 4.79 Å². The third kappa shape index (κ3) is 5.47. The van der Waals surface area contributed by atoms with Gasteiger partial charge >= 0.3 is 5.97 Å². The summed E-state index contributed by atoms with van der Waals surface area (Å²) in [6, 6.07) is 0. The van der Waals surface area contributed by atoms with E-state index in [2.05, 4.69) is 32.1 Å². The number of hydrogen-bond donors (Lipinski definition) is 0. The molecule has 1 fully saturated rings. The van der Waals surface area contributed by atoms with Gasteiger partial charge in [0.05, 0.1) is 12.0 Å². The molecule has 2 rings (SSSR count). The summed E-state index contributed by atoms with van der Waals surface area (Å²) < 4.78 is 11.7. The first-order valence-corrected chi connectivity index (χ1v) is 9.75. The third-order valence-electron chi connectivity index (χ3n) is 5.47. The molecule has 2 aliphatic carbocycles. The van der Waals surface area contributed by atoms with Crippen molar-refractivity contribution >= 4 is 5.97 Å². The first kappa shape index (κ1) is 19.2. The average molecular weight is 335 g/mol. The van der Waals surface area contributed by atoms with E-state index in [1.165, 1.54) is 24.8 Å². The van der Waals surface area contributed by atoms with Gasteiger partial charge in [-0.15, -0.1) is 0 Å². The van der Waals surface area contributed by atoms with E-state index in [1.54, 1.807) is 0 Å². The van der Waals surface area contributed by atoms with Crippen LogP contribution in [-0.2, 0) is 14.3 Å². The minimum atomic E-state index is -0.397. The lowest BCUT2D eigenvalue weighted by Gasteiger charge is -2.29. The standard InChI is InChI=1S/C21H34O3/c1-5-20(23-19-9-7-6-8-10-19)24-21(22)17(4)16(3)18-13-11-15(2)12-14-18/h11,13-17,19-20H,5-10,12H2,1-4H3. The molecule has 0 bridgehead atoms. The highest BCUT2D eigenvalue weighted by molar-refractivity contribution is 5.73. The van der Waals surface area contributed by atoms with Crippen molar-refractivity contribution < 1.29 is 14.3 Å². The van der Waals surface area contributed by atoms with Crippen LogP contribution in [0.25, 0.3) is 0 Å². The molecule has 0 heterocycles. The largest absolute Gasteiger partial charge is 0.436 e. The Labute approximate surface area is 147 Å². The van der Waals surface area contributed by atoms with Crippen LogP contribution in [0.3, 0.4) is 0 Å². The Kier molecular flexibility index (Phi) is 7.54. The zero-order valence-corrected chi connectivity index (χ0v) is 15.8. The van der Waals surface area contributed by atoms with E-state index in [0.29, 0.717) is 12.3 Å². The Morgan fingerprint density at radius 3 is 2.54 bits per heavy atom. The summed E-state index contributed by atoms with van der Waals surface area (Å²) in [6.45, 7) is 8.30. The molecule has 0 aromatic heterocycles. The molecule has 2 aliphatic rings. The molecular formula is C21H34O3. The highest BCUT2D eigenvalue weighted by Gasteiger charge is 2.28. The van der Waals surface area contributed by atoms with Crippen LogP contribution in [0.2, 0.25) is 0 Å². The molecule has 0 N–H and O–H groups in total. The maximum Gasteiger partial charge on any atom is 0.311 e. The fraction of sp³-hybridized carbons (Fsp3) is 0.762. The first-order chi connectivity index (χ1) is 11.5. The molecule has 0 radical (unpaired) electrons. The highest BCUT2D eigenvalue weighted by atomic mass is 16.7. The topological polar surface area (TPSA) is 35.5 Å². The zero-order valence-electron chi connectivity index (χ0n) is 15.8. The van der Waals surface area contributed by atoms with Gasteiger partial charge in [0, 0.05) is 6.42 Å². The van der Waals surface area contributed by atoms with Crippen LogP contribution in [0, 0.1) is 17.8 Å². The van der Waals surface area contributed by atoms with Crippen molar-refractivity contribution in [3.05, 3.63) is 23.8 Å². The predicted octanol–water partition coefficient (Wildman–Crippen LogP) is 5.41. The lowest BCUT2D eigenvalue weighted by molar-refractivity contribution is -0.197. The monoisotopic (exact) mass is 334 g/mol. The van der Waals surface area contributed by atoms with Crippen molar-refractivity contribution in [2.45, 2.75) is 85.0 Å². The molecule has 4 unspecified atom stereocenters. The van der Waals surface area contributed by atoms with Crippen LogP contribution < -0.4 is 0 Å². The number of allylic oxidation sites excluding steroid dienone is 4. The van der Waals surface area contributed by atoms with Crippen LogP contribution in [-0.4, -0.2) is 18.4 Å². The quantitative estimate of drug-likeness (QED) is 0.461. The second-order valence-electron chi connectivity index (χ2n) is 7.52. The zero-order chi connectivity index (χ0) is 17.5. The van der Waals surface area contributed by atoms with Gasteiger partial charge in [-0.05, 0) is 36.7 Å². The van der Waals surface area contributed by atoms with Crippen LogP contribution in [0.1, 0.15) is 72.6 Å². The normalized spacial score (nSPS) is 25.7. The minimum absolute atomic E-state index is 0.141. The Hall–Kier alpha value is -1.09. The van der Waals surface area contributed by atoms with Crippen LogP contribution in [0.15, 0.2) is 23.8 Å². The van der Waals surface area contributed by atoms with E-state index in [-0.39, 0.29) is 23.9 Å². The van der Waals surface area contributed by atoms with E-state index < -0.39 is 6.29 Å².